The van der Waals surface area contributed by atoms with E-state index >= 15 is 0 Å². The van der Waals surface area contributed by atoms with Crippen LogP contribution in [0.3, 0.4) is 0 Å². The molecule has 0 aliphatic heterocycles. The molecule has 3 aliphatic rings. The van der Waals surface area contributed by atoms with Crippen molar-refractivity contribution in [2.45, 2.75) is 57.8 Å². The minimum absolute atomic E-state index is 0.429. The lowest BCUT2D eigenvalue weighted by Crippen LogP contribution is -2.45. The Morgan fingerprint density at radius 3 is 1.95 bits per heavy atom. The maximum Gasteiger partial charge on any atom is 0.310 e. The summed E-state index contributed by atoms with van der Waals surface area (Å²) in [4.78, 5) is 14.3. The maximum absolute atomic E-state index is 11.8. The third-order valence-corrected chi connectivity index (χ3v) is 5.22. The Morgan fingerprint density at radius 2 is 1.53 bits per heavy atom. The van der Waals surface area contributed by atoms with E-state index in [1.165, 1.54) is 32.1 Å². The molecular formula is C16H27NO2. The molecule has 0 unspecified atom stereocenters. The van der Waals surface area contributed by atoms with Crippen LogP contribution in [0.5, 0.6) is 0 Å². The molecule has 0 saturated heterocycles. The van der Waals surface area contributed by atoms with Gasteiger partial charge in [-0.05, 0) is 50.4 Å². The molecule has 0 heterocycles. The van der Waals surface area contributed by atoms with E-state index < -0.39 is 11.4 Å². The molecule has 0 aromatic rings. The van der Waals surface area contributed by atoms with E-state index in [9.17, 15) is 9.90 Å². The Bertz CT molecular complexity index is 314. The normalized spacial score (nSPS) is 26.6. The Morgan fingerprint density at radius 1 is 1.00 bits per heavy atom. The van der Waals surface area contributed by atoms with Crippen molar-refractivity contribution in [3.8, 4) is 0 Å². The first-order valence-corrected chi connectivity index (χ1v) is 8.14. The predicted octanol–water partition coefficient (Wildman–Crippen LogP) is 3.14. The Labute approximate surface area is 116 Å². The van der Waals surface area contributed by atoms with Crippen LogP contribution in [0.4, 0.5) is 0 Å². The Balaban J connectivity index is 1.63. The highest BCUT2D eigenvalue weighted by Crippen LogP contribution is 2.40. The standard InChI is InChI=1S/C16H27NO2/c18-15(19)16(8-2-1-3-9-16)12-17(10-13-4-5-13)11-14-6-7-14/h13-14H,1-12H2,(H,18,19). The minimum Gasteiger partial charge on any atom is -0.481 e. The van der Waals surface area contributed by atoms with Gasteiger partial charge in [0.15, 0.2) is 0 Å². The van der Waals surface area contributed by atoms with E-state index in [-0.39, 0.29) is 0 Å². The summed E-state index contributed by atoms with van der Waals surface area (Å²) in [6.07, 6.45) is 10.7. The Hall–Kier alpha value is -0.570. The van der Waals surface area contributed by atoms with Crippen molar-refractivity contribution in [2.75, 3.05) is 19.6 Å². The molecule has 0 spiro atoms. The average molecular weight is 265 g/mol. The van der Waals surface area contributed by atoms with E-state index in [4.69, 9.17) is 0 Å². The SMILES string of the molecule is O=C(O)C1(CN(CC2CC2)CC2CC2)CCCCC1. The number of carboxylic acid groups (broad SMARTS) is 1. The van der Waals surface area contributed by atoms with Crippen molar-refractivity contribution < 1.29 is 9.90 Å². The zero-order chi connectivity index (χ0) is 13.3. The fraction of sp³-hybridized carbons (Fsp3) is 0.938. The Kier molecular flexibility index (Phi) is 3.84. The van der Waals surface area contributed by atoms with E-state index in [0.717, 1.165) is 57.2 Å². The molecule has 0 amide bonds. The van der Waals surface area contributed by atoms with E-state index in [0.29, 0.717) is 0 Å². The molecule has 0 aromatic carbocycles. The number of rotatable bonds is 7. The van der Waals surface area contributed by atoms with Crippen molar-refractivity contribution in [1.82, 2.24) is 4.90 Å². The average Bonchev–Trinajstić information content (AvgIpc) is 3.26. The van der Waals surface area contributed by atoms with Crippen LogP contribution in [0, 0.1) is 17.3 Å². The summed E-state index contributed by atoms with van der Waals surface area (Å²) in [7, 11) is 0. The van der Waals surface area contributed by atoms with Gasteiger partial charge in [0.25, 0.3) is 0 Å². The van der Waals surface area contributed by atoms with Gasteiger partial charge in [0.1, 0.15) is 0 Å². The van der Waals surface area contributed by atoms with E-state index in [1.54, 1.807) is 0 Å². The number of hydrogen-bond donors (Lipinski definition) is 1. The molecule has 0 bridgehead atoms. The van der Waals surface area contributed by atoms with E-state index in [2.05, 4.69) is 4.90 Å². The lowest BCUT2D eigenvalue weighted by atomic mass is 9.73. The minimum atomic E-state index is -0.538. The highest BCUT2D eigenvalue weighted by Gasteiger charge is 2.42. The van der Waals surface area contributed by atoms with Crippen LogP contribution < -0.4 is 0 Å². The number of carbonyl (C=O) groups is 1. The highest BCUT2D eigenvalue weighted by atomic mass is 16.4. The van der Waals surface area contributed by atoms with Crippen LogP contribution in [0.25, 0.3) is 0 Å². The summed E-state index contributed by atoms with van der Waals surface area (Å²) in [6.45, 7) is 3.13. The van der Waals surface area contributed by atoms with Gasteiger partial charge >= 0.3 is 5.97 Å². The summed E-state index contributed by atoms with van der Waals surface area (Å²) in [5.74, 6) is 1.20. The monoisotopic (exact) mass is 265 g/mol. The molecule has 3 fully saturated rings. The molecule has 0 radical (unpaired) electrons. The topological polar surface area (TPSA) is 40.5 Å². The predicted molar refractivity (Wildman–Crippen MR) is 75.0 cm³/mol. The first-order valence-electron chi connectivity index (χ1n) is 8.14. The fourth-order valence-electron chi connectivity index (χ4n) is 3.63. The van der Waals surface area contributed by atoms with Crippen molar-refractivity contribution in [3.63, 3.8) is 0 Å². The van der Waals surface area contributed by atoms with Crippen LogP contribution in [0.1, 0.15) is 57.8 Å². The molecule has 108 valence electrons. The molecule has 19 heavy (non-hydrogen) atoms. The van der Waals surface area contributed by atoms with Crippen LogP contribution in [-0.2, 0) is 4.79 Å². The molecule has 1 N–H and O–H groups in total. The summed E-state index contributed by atoms with van der Waals surface area (Å²) in [6, 6.07) is 0. The van der Waals surface area contributed by atoms with Gasteiger partial charge in [-0.25, -0.2) is 0 Å². The van der Waals surface area contributed by atoms with Gasteiger partial charge in [-0.3, -0.25) is 4.79 Å². The van der Waals surface area contributed by atoms with Gasteiger partial charge in [-0.1, -0.05) is 19.3 Å². The quantitative estimate of drug-likeness (QED) is 0.768. The van der Waals surface area contributed by atoms with Crippen molar-refractivity contribution in [2.24, 2.45) is 17.3 Å². The number of carboxylic acids is 1. The number of aliphatic carboxylic acids is 1. The van der Waals surface area contributed by atoms with Gasteiger partial charge in [-0.15, -0.1) is 0 Å². The maximum atomic E-state index is 11.8. The molecular weight excluding hydrogens is 238 g/mol. The lowest BCUT2D eigenvalue weighted by molar-refractivity contribution is -0.152. The van der Waals surface area contributed by atoms with Gasteiger partial charge in [0, 0.05) is 19.6 Å². The smallest absolute Gasteiger partial charge is 0.310 e. The lowest BCUT2D eigenvalue weighted by Gasteiger charge is -2.38. The molecule has 3 rings (SSSR count). The second-order valence-corrected chi connectivity index (χ2v) is 7.23. The molecule has 3 aliphatic carbocycles. The summed E-state index contributed by atoms with van der Waals surface area (Å²) >= 11 is 0. The molecule has 0 aromatic heterocycles. The van der Waals surface area contributed by atoms with Gasteiger partial charge < -0.3 is 10.0 Å². The number of hydrogen-bond acceptors (Lipinski definition) is 2. The van der Waals surface area contributed by atoms with Crippen molar-refractivity contribution >= 4 is 5.97 Å². The third kappa shape index (κ3) is 3.50. The fourth-order valence-corrected chi connectivity index (χ4v) is 3.63. The van der Waals surface area contributed by atoms with Crippen LogP contribution in [0.2, 0.25) is 0 Å². The van der Waals surface area contributed by atoms with Crippen molar-refractivity contribution in [1.29, 1.82) is 0 Å². The highest BCUT2D eigenvalue weighted by molar-refractivity contribution is 5.75. The van der Waals surface area contributed by atoms with Crippen LogP contribution >= 0.6 is 0 Å². The first kappa shape index (κ1) is 13.4. The third-order valence-electron chi connectivity index (χ3n) is 5.22. The molecule has 3 heteroatoms. The largest absolute Gasteiger partial charge is 0.481 e. The molecule has 0 atom stereocenters. The zero-order valence-corrected chi connectivity index (χ0v) is 11.9. The van der Waals surface area contributed by atoms with Crippen LogP contribution in [0.15, 0.2) is 0 Å². The molecule has 3 nitrogen and oxygen atoms in total. The summed E-state index contributed by atoms with van der Waals surface area (Å²) in [5, 5.41) is 9.71. The zero-order valence-electron chi connectivity index (χ0n) is 11.9. The van der Waals surface area contributed by atoms with Gasteiger partial charge in [0.2, 0.25) is 0 Å². The van der Waals surface area contributed by atoms with Gasteiger partial charge in [-0.2, -0.15) is 0 Å². The second-order valence-electron chi connectivity index (χ2n) is 7.23. The summed E-state index contributed by atoms with van der Waals surface area (Å²) < 4.78 is 0. The first-order chi connectivity index (χ1) is 9.18. The van der Waals surface area contributed by atoms with Crippen molar-refractivity contribution in [3.05, 3.63) is 0 Å². The number of nitrogens with zero attached hydrogens (tertiary/aromatic N) is 1. The van der Waals surface area contributed by atoms with Crippen LogP contribution in [-0.4, -0.2) is 35.6 Å². The summed E-state index contributed by atoms with van der Waals surface area (Å²) in [5.41, 5.74) is -0.429. The van der Waals surface area contributed by atoms with E-state index in [1.807, 2.05) is 0 Å². The second kappa shape index (κ2) is 5.43. The molecule has 3 saturated carbocycles. The van der Waals surface area contributed by atoms with Gasteiger partial charge in [0.05, 0.1) is 5.41 Å².